The molecule has 0 bridgehead atoms. The molecule has 31 heavy (non-hydrogen) atoms. The maximum absolute atomic E-state index is 10.4. The molecule has 3 rings (SSSR count). The third-order valence-corrected chi connectivity index (χ3v) is 8.97. The van der Waals surface area contributed by atoms with Crippen LogP contribution in [0.2, 0.25) is 0 Å². The predicted molar refractivity (Wildman–Crippen MR) is 129 cm³/mol. The van der Waals surface area contributed by atoms with Crippen molar-refractivity contribution >= 4 is 0 Å². The van der Waals surface area contributed by atoms with Crippen molar-refractivity contribution in [2.75, 3.05) is 0 Å². The Labute approximate surface area is 190 Å². The van der Waals surface area contributed by atoms with E-state index in [1.807, 2.05) is 20.8 Å². The van der Waals surface area contributed by atoms with Crippen molar-refractivity contribution < 1.29 is 15.3 Å². The Hall–Kier alpha value is -0.900. The van der Waals surface area contributed by atoms with Gasteiger partial charge in [0.05, 0.1) is 17.8 Å². The Balaban J connectivity index is 1.71. The van der Waals surface area contributed by atoms with E-state index < -0.39 is 17.8 Å². The van der Waals surface area contributed by atoms with Gasteiger partial charge in [-0.2, -0.15) is 0 Å². The second-order valence-electron chi connectivity index (χ2n) is 11.8. The van der Waals surface area contributed by atoms with Crippen molar-refractivity contribution in [1.29, 1.82) is 0 Å². The molecule has 3 saturated carbocycles. The van der Waals surface area contributed by atoms with Crippen LogP contribution in [0.4, 0.5) is 0 Å². The lowest BCUT2D eigenvalue weighted by molar-refractivity contribution is 0.0283. The summed E-state index contributed by atoms with van der Waals surface area (Å²) in [6.07, 6.45) is 13.4. The van der Waals surface area contributed by atoms with Gasteiger partial charge in [-0.25, -0.2) is 0 Å². The van der Waals surface area contributed by atoms with Gasteiger partial charge in [0.1, 0.15) is 0 Å². The van der Waals surface area contributed by atoms with Gasteiger partial charge in [0.25, 0.3) is 0 Å². The summed E-state index contributed by atoms with van der Waals surface area (Å²) >= 11 is 0. The Morgan fingerprint density at radius 3 is 2.61 bits per heavy atom. The van der Waals surface area contributed by atoms with Gasteiger partial charge in [-0.3, -0.25) is 0 Å². The standard InChI is InChI=1S/C28H46O3/c1-18(9-7-15-27(4,5)31)23-13-14-24-21(10-8-16-28(23,24)6)11-12-22-17-25(29)20(3)26(30)19(22)2/h11-12,18,20,23-26,29-31H,2,7-10,13-17H2,1,3-6H3/b21-11+,22-12+/t18-,20+,23?,24?,25-,26+,28?/m1/s1. The monoisotopic (exact) mass is 430 g/mol. The Bertz CT molecular complexity index is 712. The highest BCUT2D eigenvalue weighted by Gasteiger charge is 2.50. The number of fused-ring (bicyclic) bond motifs is 1. The molecule has 3 heteroatoms. The van der Waals surface area contributed by atoms with Crippen LogP contribution >= 0.6 is 0 Å². The molecule has 3 unspecified atom stereocenters. The van der Waals surface area contributed by atoms with E-state index in [9.17, 15) is 15.3 Å². The number of allylic oxidation sites excluding steroid dienone is 3. The molecule has 0 aromatic carbocycles. The molecule has 0 spiro atoms. The SMILES string of the molecule is C=C1/C(=C/C=C2\CCCC3(C)C2CCC3[C@H](C)CCCC(C)(C)O)C[C@@H](O)[C@H](C)[C@H]1O. The van der Waals surface area contributed by atoms with E-state index in [1.165, 1.54) is 32.1 Å². The molecule has 0 aromatic heterocycles. The first kappa shape index (κ1) is 24.7. The molecule has 0 aromatic rings. The summed E-state index contributed by atoms with van der Waals surface area (Å²) in [7, 11) is 0. The largest absolute Gasteiger partial charge is 0.392 e. The first-order valence-electron chi connectivity index (χ1n) is 12.6. The summed E-state index contributed by atoms with van der Waals surface area (Å²) < 4.78 is 0. The molecule has 3 N–H and O–H groups in total. The molecule has 176 valence electrons. The lowest BCUT2D eigenvalue weighted by Crippen LogP contribution is -2.36. The van der Waals surface area contributed by atoms with Gasteiger partial charge in [-0.15, -0.1) is 0 Å². The highest BCUT2D eigenvalue weighted by atomic mass is 16.3. The van der Waals surface area contributed by atoms with Crippen molar-refractivity contribution in [2.24, 2.45) is 29.1 Å². The minimum atomic E-state index is -0.648. The summed E-state index contributed by atoms with van der Waals surface area (Å²) in [5, 5.41) is 30.7. The minimum absolute atomic E-state index is 0.149. The average Bonchev–Trinajstić information content (AvgIpc) is 3.04. The molecule has 3 nitrogen and oxygen atoms in total. The van der Waals surface area contributed by atoms with Crippen LogP contribution in [0.5, 0.6) is 0 Å². The first-order valence-corrected chi connectivity index (χ1v) is 12.6. The maximum atomic E-state index is 10.4. The van der Waals surface area contributed by atoms with Crippen molar-refractivity contribution in [3.63, 3.8) is 0 Å². The fourth-order valence-electron chi connectivity index (χ4n) is 6.91. The molecule has 0 heterocycles. The normalized spacial score (nSPS) is 40.4. The van der Waals surface area contributed by atoms with Gasteiger partial charge in [-0.05, 0) is 93.1 Å². The Kier molecular flexibility index (Phi) is 7.61. The van der Waals surface area contributed by atoms with Crippen LogP contribution in [0, 0.1) is 29.1 Å². The van der Waals surface area contributed by atoms with E-state index in [1.54, 1.807) is 5.57 Å². The second-order valence-corrected chi connectivity index (χ2v) is 11.8. The van der Waals surface area contributed by atoms with Crippen LogP contribution in [-0.2, 0) is 0 Å². The van der Waals surface area contributed by atoms with Gasteiger partial charge in [0.2, 0.25) is 0 Å². The molecule has 3 aliphatic carbocycles. The van der Waals surface area contributed by atoms with E-state index in [-0.39, 0.29) is 5.92 Å². The number of hydrogen-bond acceptors (Lipinski definition) is 3. The maximum Gasteiger partial charge on any atom is 0.0837 e. The number of aliphatic hydroxyl groups is 3. The quantitative estimate of drug-likeness (QED) is 0.488. The highest BCUT2D eigenvalue weighted by molar-refractivity contribution is 5.39. The lowest BCUT2D eigenvalue weighted by Gasteiger charge is -2.44. The van der Waals surface area contributed by atoms with Crippen molar-refractivity contribution in [3.8, 4) is 0 Å². The molecule has 3 fully saturated rings. The topological polar surface area (TPSA) is 60.7 Å². The molecule has 0 saturated heterocycles. The number of rotatable bonds is 6. The molecule has 3 aliphatic rings. The second kappa shape index (κ2) is 9.53. The van der Waals surface area contributed by atoms with Gasteiger partial charge < -0.3 is 15.3 Å². The first-order chi connectivity index (χ1) is 14.4. The zero-order chi connectivity index (χ0) is 23.0. The van der Waals surface area contributed by atoms with Gasteiger partial charge in [0.15, 0.2) is 0 Å². The van der Waals surface area contributed by atoms with Crippen LogP contribution in [0.1, 0.15) is 92.4 Å². The summed E-state index contributed by atoms with van der Waals surface area (Å²) in [5.41, 5.74) is 3.15. The van der Waals surface area contributed by atoms with Crippen LogP contribution in [0.3, 0.4) is 0 Å². The molecule has 0 amide bonds. The van der Waals surface area contributed by atoms with Gasteiger partial charge in [0, 0.05) is 5.92 Å². The molecule has 7 atom stereocenters. The summed E-state index contributed by atoms with van der Waals surface area (Å²) in [6, 6.07) is 0. The molecular formula is C28H46O3. The summed E-state index contributed by atoms with van der Waals surface area (Å²) in [6.45, 7) is 14.8. The Morgan fingerprint density at radius 2 is 1.94 bits per heavy atom. The summed E-state index contributed by atoms with van der Waals surface area (Å²) in [4.78, 5) is 0. The highest BCUT2D eigenvalue weighted by Crippen LogP contribution is 2.60. The van der Waals surface area contributed by atoms with Crippen LogP contribution in [-0.4, -0.2) is 33.1 Å². The van der Waals surface area contributed by atoms with Gasteiger partial charge in [-0.1, -0.05) is 57.9 Å². The van der Waals surface area contributed by atoms with Crippen molar-refractivity contribution in [2.45, 2.75) is 110 Å². The van der Waals surface area contributed by atoms with E-state index in [0.717, 1.165) is 36.3 Å². The number of hydrogen-bond donors (Lipinski definition) is 3. The minimum Gasteiger partial charge on any atom is -0.392 e. The predicted octanol–water partition coefficient (Wildman–Crippen LogP) is 5.95. The average molecular weight is 431 g/mol. The van der Waals surface area contributed by atoms with Crippen LogP contribution in [0.15, 0.2) is 35.5 Å². The fourth-order valence-corrected chi connectivity index (χ4v) is 6.91. The zero-order valence-corrected chi connectivity index (χ0v) is 20.5. The van der Waals surface area contributed by atoms with E-state index >= 15 is 0 Å². The summed E-state index contributed by atoms with van der Waals surface area (Å²) in [5.74, 6) is 1.94. The third-order valence-electron chi connectivity index (χ3n) is 8.97. The Morgan fingerprint density at radius 1 is 1.23 bits per heavy atom. The lowest BCUT2D eigenvalue weighted by atomic mass is 9.60. The molecule has 0 radical (unpaired) electrons. The van der Waals surface area contributed by atoms with Crippen molar-refractivity contribution in [1.82, 2.24) is 0 Å². The van der Waals surface area contributed by atoms with E-state index in [2.05, 4.69) is 32.6 Å². The third kappa shape index (κ3) is 5.37. The molecule has 0 aliphatic heterocycles. The number of aliphatic hydroxyl groups excluding tert-OH is 2. The molecular weight excluding hydrogens is 384 g/mol. The van der Waals surface area contributed by atoms with Crippen molar-refractivity contribution in [3.05, 3.63) is 35.5 Å². The van der Waals surface area contributed by atoms with Gasteiger partial charge >= 0.3 is 0 Å². The smallest absolute Gasteiger partial charge is 0.0837 e. The fraction of sp³-hybridized carbons (Fsp3) is 0.786. The van der Waals surface area contributed by atoms with Crippen LogP contribution in [0.25, 0.3) is 0 Å². The zero-order valence-electron chi connectivity index (χ0n) is 20.5. The van der Waals surface area contributed by atoms with E-state index in [4.69, 9.17) is 0 Å². The van der Waals surface area contributed by atoms with E-state index in [0.29, 0.717) is 23.7 Å². The van der Waals surface area contributed by atoms with Crippen LogP contribution < -0.4 is 0 Å².